The fraction of sp³-hybridized carbons (Fsp3) is 0.650. The number of aliphatic hydroxyl groups is 1. The first-order valence-electron chi connectivity index (χ1n) is 9.49. The van der Waals surface area contributed by atoms with Gasteiger partial charge in [-0.05, 0) is 49.3 Å². The Hall–Kier alpha value is -1.16. The van der Waals surface area contributed by atoms with Crippen molar-refractivity contribution in [2.75, 3.05) is 26.7 Å². The molecule has 0 radical (unpaired) electrons. The minimum absolute atomic E-state index is 0. The summed E-state index contributed by atoms with van der Waals surface area (Å²) < 4.78 is 28.8. The maximum atomic E-state index is 12.2. The van der Waals surface area contributed by atoms with Crippen LogP contribution < -0.4 is 10.1 Å². The summed E-state index contributed by atoms with van der Waals surface area (Å²) in [5.41, 5.74) is 0.971. The zero-order valence-corrected chi connectivity index (χ0v) is 19.5. The average Bonchev–Trinajstić information content (AvgIpc) is 2.59. The molecule has 0 saturated heterocycles. The predicted molar refractivity (Wildman–Crippen MR) is 121 cm³/mol. The van der Waals surface area contributed by atoms with Gasteiger partial charge in [0, 0.05) is 33.3 Å². The molecule has 0 fully saturated rings. The van der Waals surface area contributed by atoms with Gasteiger partial charge in [0.1, 0.15) is 5.75 Å². The molecule has 0 aliphatic carbocycles. The quantitative estimate of drug-likeness (QED) is 0.263. The summed E-state index contributed by atoms with van der Waals surface area (Å²) in [7, 11) is 1.94. The van der Waals surface area contributed by atoms with Gasteiger partial charge in [-0.1, -0.05) is 26.0 Å². The van der Waals surface area contributed by atoms with E-state index >= 15 is 0 Å². The number of guanidine groups is 1. The Kier molecular flexibility index (Phi) is 14.2. The van der Waals surface area contributed by atoms with Crippen LogP contribution in [-0.2, 0) is 6.54 Å². The van der Waals surface area contributed by atoms with Crippen molar-refractivity contribution < 1.29 is 18.6 Å². The molecule has 2 N–H and O–H groups in total. The number of ether oxygens (including phenoxy) is 1. The maximum Gasteiger partial charge on any atom is 0.387 e. The van der Waals surface area contributed by atoms with Crippen molar-refractivity contribution in [2.45, 2.75) is 46.8 Å². The molecule has 0 heterocycles. The highest BCUT2D eigenvalue weighted by Gasteiger charge is 2.13. The Morgan fingerprint density at radius 1 is 1.25 bits per heavy atom. The smallest absolute Gasteiger partial charge is 0.387 e. The summed E-state index contributed by atoms with van der Waals surface area (Å²) in [6.45, 7) is 5.72. The molecule has 1 aromatic carbocycles. The van der Waals surface area contributed by atoms with Gasteiger partial charge in [-0.15, -0.1) is 24.0 Å². The first-order chi connectivity index (χ1) is 12.8. The van der Waals surface area contributed by atoms with E-state index in [1.54, 1.807) is 24.3 Å². The van der Waals surface area contributed by atoms with Gasteiger partial charge in [-0.25, -0.2) is 0 Å². The second-order valence-electron chi connectivity index (χ2n) is 7.08. The molecule has 1 unspecified atom stereocenters. The van der Waals surface area contributed by atoms with Gasteiger partial charge in [-0.2, -0.15) is 8.78 Å². The highest BCUT2D eigenvalue weighted by atomic mass is 127. The molecule has 1 rings (SSSR count). The van der Waals surface area contributed by atoms with Crippen LogP contribution >= 0.6 is 24.0 Å². The van der Waals surface area contributed by atoms with Crippen molar-refractivity contribution in [3.63, 3.8) is 0 Å². The predicted octanol–water partition coefficient (Wildman–Crippen LogP) is 4.35. The Bertz CT molecular complexity index is 557. The third-order valence-electron chi connectivity index (χ3n) is 4.11. The van der Waals surface area contributed by atoms with Crippen LogP contribution in [0.25, 0.3) is 0 Å². The minimum Gasteiger partial charge on any atom is -0.435 e. The van der Waals surface area contributed by atoms with E-state index in [2.05, 4.69) is 23.9 Å². The molecule has 162 valence electrons. The molecule has 0 amide bonds. The fourth-order valence-electron chi connectivity index (χ4n) is 2.94. The standard InChI is InChI=1S/C20H33F2N3O2.HI/c1-5-23-20(24-13-17(10-11-26)12-15(2)3)25(4)14-16-6-8-18(9-7-16)27-19(21)22;/h6-9,15,17,19,26H,5,10-14H2,1-4H3,(H,23,24);1H. The molecule has 0 bridgehead atoms. The number of benzene rings is 1. The summed E-state index contributed by atoms with van der Waals surface area (Å²) in [5, 5.41) is 12.5. The van der Waals surface area contributed by atoms with Crippen molar-refractivity contribution in [3.05, 3.63) is 29.8 Å². The third-order valence-corrected chi connectivity index (χ3v) is 4.11. The molecule has 0 aromatic heterocycles. The lowest BCUT2D eigenvalue weighted by Gasteiger charge is -2.23. The van der Waals surface area contributed by atoms with Crippen LogP contribution in [0.15, 0.2) is 29.3 Å². The molecule has 0 saturated carbocycles. The van der Waals surface area contributed by atoms with E-state index in [0.717, 1.165) is 30.9 Å². The van der Waals surface area contributed by atoms with Gasteiger partial charge in [-0.3, -0.25) is 4.99 Å². The van der Waals surface area contributed by atoms with Crippen LogP contribution in [0.3, 0.4) is 0 Å². The Morgan fingerprint density at radius 3 is 2.39 bits per heavy atom. The zero-order chi connectivity index (χ0) is 20.2. The Balaban J connectivity index is 0.00000729. The van der Waals surface area contributed by atoms with E-state index in [1.807, 2.05) is 18.9 Å². The van der Waals surface area contributed by atoms with Gasteiger partial charge in [0.25, 0.3) is 0 Å². The van der Waals surface area contributed by atoms with Crippen LogP contribution in [0.2, 0.25) is 0 Å². The van der Waals surface area contributed by atoms with Crippen LogP contribution in [-0.4, -0.2) is 49.3 Å². The van der Waals surface area contributed by atoms with Gasteiger partial charge in [0.2, 0.25) is 0 Å². The molecule has 0 aliphatic heterocycles. The van der Waals surface area contributed by atoms with E-state index in [-0.39, 0.29) is 36.3 Å². The van der Waals surface area contributed by atoms with Crippen molar-refractivity contribution in [2.24, 2.45) is 16.8 Å². The molecular formula is C20H34F2IN3O2. The highest BCUT2D eigenvalue weighted by Crippen LogP contribution is 2.17. The number of nitrogens with one attached hydrogen (secondary N) is 1. The third kappa shape index (κ3) is 11.0. The number of alkyl halides is 2. The van der Waals surface area contributed by atoms with Crippen molar-refractivity contribution in [1.29, 1.82) is 0 Å². The number of aliphatic imine (C=N–C) groups is 1. The SMILES string of the molecule is CCNC(=NCC(CCO)CC(C)C)N(C)Cc1ccc(OC(F)F)cc1.I. The lowest BCUT2D eigenvalue weighted by Crippen LogP contribution is -2.38. The molecule has 5 nitrogen and oxygen atoms in total. The summed E-state index contributed by atoms with van der Waals surface area (Å²) in [4.78, 5) is 6.73. The van der Waals surface area contributed by atoms with Gasteiger partial charge in [0.15, 0.2) is 5.96 Å². The molecule has 1 aromatic rings. The van der Waals surface area contributed by atoms with Crippen LogP contribution in [0, 0.1) is 11.8 Å². The molecule has 0 spiro atoms. The second-order valence-corrected chi connectivity index (χ2v) is 7.08. The number of halogens is 3. The number of nitrogens with zero attached hydrogens (tertiary/aromatic N) is 2. The second kappa shape index (κ2) is 14.8. The number of hydrogen-bond donors (Lipinski definition) is 2. The molecule has 0 aliphatic rings. The first kappa shape index (κ1) is 26.8. The monoisotopic (exact) mass is 513 g/mol. The number of aliphatic hydroxyl groups excluding tert-OH is 1. The van der Waals surface area contributed by atoms with Gasteiger partial charge >= 0.3 is 6.61 Å². The number of rotatable bonds is 11. The van der Waals surface area contributed by atoms with Gasteiger partial charge in [0.05, 0.1) is 0 Å². The van der Waals surface area contributed by atoms with E-state index in [0.29, 0.717) is 24.9 Å². The summed E-state index contributed by atoms with van der Waals surface area (Å²) >= 11 is 0. The Morgan fingerprint density at radius 2 is 1.89 bits per heavy atom. The van der Waals surface area contributed by atoms with Crippen molar-refractivity contribution in [3.8, 4) is 5.75 Å². The summed E-state index contributed by atoms with van der Waals surface area (Å²) in [6, 6.07) is 6.62. The van der Waals surface area contributed by atoms with E-state index in [9.17, 15) is 13.9 Å². The van der Waals surface area contributed by atoms with E-state index < -0.39 is 6.61 Å². The summed E-state index contributed by atoms with van der Waals surface area (Å²) in [5.74, 6) is 1.85. The highest BCUT2D eigenvalue weighted by molar-refractivity contribution is 14.0. The van der Waals surface area contributed by atoms with Crippen molar-refractivity contribution in [1.82, 2.24) is 10.2 Å². The largest absolute Gasteiger partial charge is 0.435 e. The van der Waals surface area contributed by atoms with Crippen molar-refractivity contribution >= 4 is 29.9 Å². The molecular weight excluding hydrogens is 479 g/mol. The van der Waals surface area contributed by atoms with Gasteiger partial charge < -0.3 is 20.1 Å². The minimum atomic E-state index is -2.82. The van der Waals surface area contributed by atoms with Crippen LogP contribution in [0.5, 0.6) is 5.75 Å². The normalized spacial score (nSPS) is 12.7. The van der Waals surface area contributed by atoms with E-state index in [4.69, 9.17) is 4.99 Å². The Labute approximate surface area is 184 Å². The maximum absolute atomic E-state index is 12.2. The topological polar surface area (TPSA) is 57.1 Å². The average molecular weight is 513 g/mol. The first-order valence-corrected chi connectivity index (χ1v) is 9.49. The van der Waals surface area contributed by atoms with Crippen LogP contribution in [0.4, 0.5) is 8.78 Å². The molecule has 28 heavy (non-hydrogen) atoms. The number of hydrogen-bond acceptors (Lipinski definition) is 3. The lowest BCUT2D eigenvalue weighted by atomic mass is 9.94. The summed E-state index contributed by atoms with van der Waals surface area (Å²) in [6.07, 6.45) is 1.77. The zero-order valence-electron chi connectivity index (χ0n) is 17.2. The molecule has 8 heteroatoms. The van der Waals surface area contributed by atoms with Crippen LogP contribution in [0.1, 0.15) is 39.2 Å². The fourth-order valence-corrected chi connectivity index (χ4v) is 2.94. The molecule has 1 atom stereocenters. The van der Waals surface area contributed by atoms with E-state index in [1.165, 1.54) is 0 Å². The lowest BCUT2D eigenvalue weighted by molar-refractivity contribution is -0.0498.